The van der Waals surface area contributed by atoms with Gasteiger partial charge in [-0.25, -0.2) is 9.97 Å². The summed E-state index contributed by atoms with van der Waals surface area (Å²) in [7, 11) is 1.62. The van der Waals surface area contributed by atoms with Crippen molar-refractivity contribution < 1.29 is 13.9 Å². The highest BCUT2D eigenvalue weighted by Gasteiger charge is 2.31. The number of rotatable bonds is 5. The average Bonchev–Trinajstić information content (AvgIpc) is 3.24. The van der Waals surface area contributed by atoms with E-state index in [0.717, 1.165) is 24.8 Å². The third-order valence-corrected chi connectivity index (χ3v) is 4.14. The number of nitrogens with zero attached hydrogens (tertiary/aromatic N) is 3. The van der Waals surface area contributed by atoms with Crippen LogP contribution < -0.4 is 4.74 Å². The fourth-order valence-corrected chi connectivity index (χ4v) is 2.98. The zero-order valence-electron chi connectivity index (χ0n) is 13.5. The Morgan fingerprint density at radius 1 is 1.52 bits per heavy atom. The van der Waals surface area contributed by atoms with Crippen LogP contribution in [-0.2, 0) is 6.42 Å². The van der Waals surface area contributed by atoms with Crippen LogP contribution in [0.15, 0.2) is 29.0 Å². The molecule has 3 rings (SSSR count). The minimum Gasteiger partial charge on any atom is -0.481 e. The lowest BCUT2D eigenvalue weighted by Crippen LogP contribution is -2.28. The number of carbonyl (C=O) groups is 1. The number of hydrogen-bond donors (Lipinski definition) is 0. The van der Waals surface area contributed by atoms with E-state index in [9.17, 15) is 4.79 Å². The Morgan fingerprint density at radius 2 is 2.39 bits per heavy atom. The standard InChI is InChI=1S/C17H21N3O3/c1-3-5-15-19-14(11-23-15)17(21)20-9-7-12(10-20)13-6-4-8-18-16(13)22-2/h4,6,8,11-12H,3,5,7,9-10H2,1-2H3/t12-/m0/s1. The van der Waals surface area contributed by atoms with Crippen LogP contribution in [-0.4, -0.2) is 41.0 Å². The van der Waals surface area contributed by atoms with Crippen molar-refractivity contribution in [2.24, 2.45) is 0 Å². The zero-order chi connectivity index (χ0) is 16.2. The second-order valence-corrected chi connectivity index (χ2v) is 5.72. The SMILES string of the molecule is CCCc1nc(C(=O)N2CC[C@H](c3cccnc3OC)C2)co1. The number of likely N-dealkylation sites (tertiary alicyclic amines) is 1. The van der Waals surface area contributed by atoms with Gasteiger partial charge in [0.1, 0.15) is 6.26 Å². The van der Waals surface area contributed by atoms with Crippen molar-refractivity contribution in [3.05, 3.63) is 41.7 Å². The van der Waals surface area contributed by atoms with Gasteiger partial charge in [-0.3, -0.25) is 4.79 Å². The van der Waals surface area contributed by atoms with Crippen molar-refractivity contribution in [2.45, 2.75) is 32.1 Å². The van der Waals surface area contributed by atoms with E-state index in [1.54, 1.807) is 13.3 Å². The lowest BCUT2D eigenvalue weighted by Gasteiger charge is -2.16. The molecule has 2 aromatic rings. The molecule has 0 N–H and O–H groups in total. The van der Waals surface area contributed by atoms with E-state index < -0.39 is 0 Å². The summed E-state index contributed by atoms with van der Waals surface area (Å²) in [5, 5.41) is 0. The molecular weight excluding hydrogens is 294 g/mol. The van der Waals surface area contributed by atoms with Gasteiger partial charge in [-0.05, 0) is 18.9 Å². The van der Waals surface area contributed by atoms with Crippen LogP contribution in [0.25, 0.3) is 0 Å². The van der Waals surface area contributed by atoms with Crippen molar-refractivity contribution in [3.8, 4) is 5.88 Å². The highest BCUT2D eigenvalue weighted by atomic mass is 16.5. The lowest BCUT2D eigenvalue weighted by molar-refractivity contribution is 0.0784. The van der Waals surface area contributed by atoms with Gasteiger partial charge >= 0.3 is 0 Å². The van der Waals surface area contributed by atoms with Crippen molar-refractivity contribution in [1.29, 1.82) is 0 Å². The Bertz CT molecular complexity index is 683. The average molecular weight is 315 g/mol. The van der Waals surface area contributed by atoms with Crippen molar-refractivity contribution >= 4 is 5.91 Å². The van der Waals surface area contributed by atoms with E-state index in [1.807, 2.05) is 17.0 Å². The number of oxazole rings is 1. The molecule has 3 heterocycles. The summed E-state index contributed by atoms with van der Waals surface area (Å²) in [6.07, 6.45) is 5.77. The third kappa shape index (κ3) is 3.21. The topological polar surface area (TPSA) is 68.5 Å². The monoisotopic (exact) mass is 315 g/mol. The second kappa shape index (κ2) is 6.81. The molecule has 6 heteroatoms. The fourth-order valence-electron chi connectivity index (χ4n) is 2.98. The Labute approximate surface area is 135 Å². The smallest absolute Gasteiger partial charge is 0.275 e. The quantitative estimate of drug-likeness (QED) is 0.848. The first-order chi connectivity index (χ1) is 11.2. The van der Waals surface area contributed by atoms with Crippen LogP contribution >= 0.6 is 0 Å². The van der Waals surface area contributed by atoms with E-state index in [4.69, 9.17) is 9.15 Å². The number of pyridine rings is 1. The van der Waals surface area contributed by atoms with Gasteiger partial charge in [0.25, 0.3) is 5.91 Å². The maximum atomic E-state index is 12.6. The minimum absolute atomic E-state index is 0.0681. The van der Waals surface area contributed by atoms with Gasteiger partial charge in [0.2, 0.25) is 5.88 Å². The Kier molecular flexibility index (Phi) is 4.60. The predicted molar refractivity (Wildman–Crippen MR) is 84.5 cm³/mol. The molecule has 0 unspecified atom stereocenters. The van der Waals surface area contributed by atoms with Crippen molar-refractivity contribution in [1.82, 2.24) is 14.9 Å². The van der Waals surface area contributed by atoms with E-state index in [-0.39, 0.29) is 11.8 Å². The maximum absolute atomic E-state index is 12.6. The van der Waals surface area contributed by atoms with E-state index in [1.165, 1.54) is 6.26 Å². The Balaban J connectivity index is 1.70. The van der Waals surface area contributed by atoms with Gasteiger partial charge in [-0.2, -0.15) is 0 Å². The Morgan fingerprint density at radius 3 is 3.17 bits per heavy atom. The summed E-state index contributed by atoms with van der Waals surface area (Å²) < 4.78 is 10.7. The molecule has 1 atom stereocenters. The highest BCUT2D eigenvalue weighted by molar-refractivity contribution is 5.92. The largest absolute Gasteiger partial charge is 0.481 e. The minimum atomic E-state index is -0.0681. The van der Waals surface area contributed by atoms with E-state index in [0.29, 0.717) is 30.6 Å². The number of carbonyl (C=O) groups excluding carboxylic acids is 1. The van der Waals surface area contributed by atoms with Crippen molar-refractivity contribution in [3.63, 3.8) is 0 Å². The number of ether oxygens (including phenoxy) is 1. The molecule has 0 aliphatic carbocycles. The van der Waals surface area contributed by atoms with E-state index >= 15 is 0 Å². The van der Waals surface area contributed by atoms with Crippen LogP contribution in [0.3, 0.4) is 0 Å². The lowest BCUT2D eigenvalue weighted by atomic mass is 10.00. The number of amides is 1. The molecular formula is C17H21N3O3. The van der Waals surface area contributed by atoms with Gasteiger partial charge in [-0.15, -0.1) is 0 Å². The molecule has 0 radical (unpaired) electrons. The summed E-state index contributed by atoms with van der Waals surface area (Å²) in [5.74, 6) is 1.44. The molecule has 0 aromatic carbocycles. The van der Waals surface area contributed by atoms with Crippen LogP contribution in [0.2, 0.25) is 0 Å². The molecule has 0 spiro atoms. The first-order valence-electron chi connectivity index (χ1n) is 7.95. The molecule has 1 fully saturated rings. The maximum Gasteiger partial charge on any atom is 0.275 e. The molecule has 1 saturated heterocycles. The summed E-state index contributed by atoms with van der Waals surface area (Å²) in [4.78, 5) is 22.9. The van der Waals surface area contributed by atoms with Crippen molar-refractivity contribution in [2.75, 3.05) is 20.2 Å². The summed E-state index contributed by atoms with van der Waals surface area (Å²) in [5.41, 5.74) is 1.45. The number of hydrogen-bond acceptors (Lipinski definition) is 5. The number of methoxy groups -OCH3 is 1. The van der Waals surface area contributed by atoms with Gasteiger partial charge in [0.05, 0.1) is 7.11 Å². The molecule has 1 aliphatic rings. The number of aryl methyl sites for hydroxylation is 1. The molecule has 6 nitrogen and oxygen atoms in total. The molecule has 23 heavy (non-hydrogen) atoms. The normalized spacial score (nSPS) is 17.5. The van der Waals surface area contributed by atoms with Crippen LogP contribution in [0, 0.1) is 0 Å². The van der Waals surface area contributed by atoms with E-state index in [2.05, 4.69) is 16.9 Å². The first kappa shape index (κ1) is 15.5. The third-order valence-electron chi connectivity index (χ3n) is 4.14. The first-order valence-corrected chi connectivity index (χ1v) is 7.95. The molecule has 0 bridgehead atoms. The van der Waals surface area contributed by atoms with Gasteiger partial charge in [-0.1, -0.05) is 13.0 Å². The van der Waals surface area contributed by atoms with Gasteiger partial charge in [0.15, 0.2) is 11.6 Å². The summed E-state index contributed by atoms with van der Waals surface area (Å²) >= 11 is 0. The molecule has 0 saturated carbocycles. The molecule has 1 amide bonds. The molecule has 1 aliphatic heterocycles. The zero-order valence-corrected chi connectivity index (χ0v) is 13.5. The summed E-state index contributed by atoms with van der Waals surface area (Å²) in [6, 6.07) is 3.91. The second-order valence-electron chi connectivity index (χ2n) is 5.72. The van der Waals surface area contributed by atoms with Crippen LogP contribution in [0.1, 0.15) is 47.6 Å². The van der Waals surface area contributed by atoms with Crippen LogP contribution in [0.4, 0.5) is 0 Å². The molecule has 2 aromatic heterocycles. The van der Waals surface area contributed by atoms with Gasteiger partial charge < -0.3 is 14.1 Å². The van der Waals surface area contributed by atoms with Gasteiger partial charge in [0, 0.05) is 37.2 Å². The Hall–Kier alpha value is -2.37. The number of aromatic nitrogens is 2. The van der Waals surface area contributed by atoms with Crippen LogP contribution in [0.5, 0.6) is 5.88 Å². The predicted octanol–water partition coefficient (Wildman–Crippen LogP) is 2.66. The molecule has 122 valence electrons. The summed E-state index contributed by atoms with van der Waals surface area (Å²) in [6.45, 7) is 3.41. The fraction of sp³-hybridized carbons (Fsp3) is 0.471. The highest BCUT2D eigenvalue weighted by Crippen LogP contribution is 2.32.